The summed E-state index contributed by atoms with van der Waals surface area (Å²) < 4.78 is -0.686. The van der Waals surface area contributed by atoms with Gasteiger partial charge in [0.2, 0.25) is 0 Å². The lowest BCUT2D eigenvalue weighted by molar-refractivity contribution is 0.394. The van der Waals surface area contributed by atoms with Gasteiger partial charge in [-0.3, -0.25) is 0 Å². The first kappa shape index (κ1) is 9.18. The van der Waals surface area contributed by atoms with E-state index in [1.165, 1.54) is 0 Å². The summed E-state index contributed by atoms with van der Waals surface area (Å²) in [7, 11) is 0. The molecule has 68 valence electrons. The average Bonchev–Trinajstić information content (AvgIpc) is 2.58. The van der Waals surface area contributed by atoms with Gasteiger partial charge in [0, 0.05) is 5.41 Å². The maximum Gasteiger partial charge on any atom is 0.129 e. The minimum atomic E-state index is -0.686. The molecule has 2 aliphatic carbocycles. The van der Waals surface area contributed by atoms with Crippen LogP contribution in [0.25, 0.3) is 0 Å². The summed E-state index contributed by atoms with van der Waals surface area (Å²) >= 11 is 18.8. The Kier molecular flexibility index (Phi) is 1.79. The third kappa shape index (κ3) is 0.867. The van der Waals surface area contributed by atoms with Gasteiger partial charge in [-0.2, -0.15) is 0 Å². The predicted octanol–water partition coefficient (Wildman–Crippen LogP) is 3.90. The lowest BCUT2D eigenvalue weighted by Crippen LogP contribution is -2.35. The van der Waals surface area contributed by atoms with Crippen molar-refractivity contribution in [2.24, 2.45) is 5.41 Å². The molecule has 0 aromatic carbocycles. The molecule has 0 saturated heterocycles. The molecule has 0 bridgehead atoms. The minimum Gasteiger partial charge on any atom is -0.118 e. The van der Waals surface area contributed by atoms with E-state index in [0.717, 1.165) is 25.7 Å². The Bertz CT molecular complexity index is 236. The largest absolute Gasteiger partial charge is 0.129 e. The summed E-state index contributed by atoms with van der Waals surface area (Å²) in [5.41, 5.74) is -0.219. The lowest BCUT2D eigenvalue weighted by Gasteiger charge is -2.35. The van der Waals surface area contributed by atoms with Crippen LogP contribution in [-0.2, 0) is 0 Å². The van der Waals surface area contributed by atoms with Crippen molar-refractivity contribution in [2.75, 3.05) is 0 Å². The minimum absolute atomic E-state index is 0.184. The maximum absolute atomic E-state index is 6.35. The van der Waals surface area contributed by atoms with Crippen LogP contribution in [-0.4, -0.2) is 9.21 Å². The lowest BCUT2D eigenvalue weighted by atomic mass is 9.87. The molecule has 2 rings (SSSR count). The molecule has 0 heterocycles. The summed E-state index contributed by atoms with van der Waals surface area (Å²) in [6.07, 6.45) is 5.60. The molecule has 2 saturated carbocycles. The summed E-state index contributed by atoms with van der Waals surface area (Å²) in [6, 6.07) is 0. The Morgan fingerprint density at radius 3 is 2.25 bits per heavy atom. The highest BCUT2D eigenvalue weighted by Gasteiger charge is 2.74. The first-order valence-electron chi connectivity index (χ1n) is 4.18. The first-order valence-corrected chi connectivity index (χ1v) is 5.31. The van der Waals surface area contributed by atoms with E-state index in [9.17, 15) is 0 Å². The van der Waals surface area contributed by atoms with Crippen LogP contribution >= 0.6 is 34.8 Å². The Hall–Kier alpha value is 0.610. The number of alkyl halides is 3. The van der Waals surface area contributed by atoms with Crippen molar-refractivity contribution in [1.82, 2.24) is 0 Å². The molecule has 12 heavy (non-hydrogen) atoms. The Morgan fingerprint density at radius 1 is 1.17 bits per heavy atom. The molecule has 0 spiro atoms. The number of allylic oxidation sites excluding steroid dienone is 1. The number of hydrogen-bond acceptors (Lipinski definition) is 0. The van der Waals surface area contributed by atoms with Crippen molar-refractivity contribution in [3.63, 3.8) is 0 Å². The highest BCUT2D eigenvalue weighted by molar-refractivity contribution is 6.50. The summed E-state index contributed by atoms with van der Waals surface area (Å²) in [6.45, 7) is 3.79. The number of fused-ring (bicyclic) bond motifs is 1. The third-order valence-electron chi connectivity index (χ3n) is 3.30. The van der Waals surface area contributed by atoms with Gasteiger partial charge in [0.1, 0.15) is 4.33 Å². The average molecular weight is 226 g/mol. The molecule has 0 aromatic heterocycles. The molecular weight excluding hydrogens is 214 g/mol. The van der Waals surface area contributed by atoms with Gasteiger partial charge in [-0.05, 0) is 25.7 Å². The highest BCUT2D eigenvalue weighted by Crippen LogP contribution is 2.75. The van der Waals surface area contributed by atoms with Crippen molar-refractivity contribution in [3.8, 4) is 0 Å². The highest BCUT2D eigenvalue weighted by atomic mass is 35.5. The molecule has 2 aliphatic rings. The monoisotopic (exact) mass is 224 g/mol. The molecular formula is C9H11Cl3. The van der Waals surface area contributed by atoms with Crippen LogP contribution in [0.1, 0.15) is 25.7 Å². The van der Waals surface area contributed by atoms with Crippen molar-refractivity contribution in [2.45, 2.75) is 34.9 Å². The van der Waals surface area contributed by atoms with Crippen molar-refractivity contribution in [1.29, 1.82) is 0 Å². The zero-order valence-corrected chi connectivity index (χ0v) is 9.01. The maximum atomic E-state index is 6.35. The Balaban J connectivity index is 2.36. The van der Waals surface area contributed by atoms with Crippen LogP contribution in [0.2, 0.25) is 0 Å². The summed E-state index contributed by atoms with van der Waals surface area (Å²) in [4.78, 5) is -0.184. The van der Waals surface area contributed by atoms with Crippen LogP contribution in [0.15, 0.2) is 12.7 Å². The van der Waals surface area contributed by atoms with Gasteiger partial charge in [-0.1, -0.05) is 6.08 Å². The second kappa shape index (κ2) is 2.34. The van der Waals surface area contributed by atoms with E-state index in [2.05, 4.69) is 6.58 Å². The van der Waals surface area contributed by atoms with Crippen LogP contribution in [0.3, 0.4) is 0 Å². The molecule has 0 nitrogen and oxygen atoms in total. The molecule has 0 aromatic rings. The SMILES string of the molecule is C=CC12CC1(Cl)CCCC2(Cl)Cl. The van der Waals surface area contributed by atoms with Gasteiger partial charge in [0.25, 0.3) is 0 Å². The van der Waals surface area contributed by atoms with E-state index in [1.54, 1.807) is 0 Å². The van der Waals surface area contributed by atoms with Gasteiger partial charge < -0.3 is 0 Å². The van der Waals surface area contributed by atoms with Crippen LogP contribution in [0, 0.1) is 5.41 Å². The molecule has 2 atom stereocenters. The van der Waals surface area contributed by atoms with Gasteiger partial charge in [0.05, 0.1) is 4.87 Å². The van der Waals surface area contributed by atoms with Crippen LogP contribution in [0.5, 0.6) is 0 Å². The van der Waals surface area contributed by atoms with Crippen molar-refractivity contribution >= 4 is 34.8 Å². The number of rotatable bonds is 1. The molecule has 0 radical (unpaired) electrons. The predicted molar refractivity (Wildman–Crippen MR) is 54.1 cm³/mol. The summed E-state index contributed by atoms with van der Waals surface area (Å²) in [5.74, 6) is 0. The second-order valence-electron chi connectivity index (χ2n) is 3.88. The topological polar surface area (TPSA) is 0 Å². The molecule has 0 amide bonds. The molecule has 0 aliphatic heterocycles. The second-order valence-corrected chi connectivity index (χ2v) is 6.08. The smallest absolute Gasteiger partial charge is 0.118 e. The van der Waals surface area contributed by atoms with E-state index in [0.29, 0.717) is 0 Å². The molecule has 3 heteroatoms. The first-order chi connectivity index (χ1) is 5.47. The van der Waals surface area contributed by atoms with Crippen LogP contribution < -0.4 is 0 Å². The van der Waals surface area contributed by atoms with E-state index < -0.39 is 4.33 Å². The fourth-order valence-electron chi connectivity index (χ4n) is 2.38. The fourth-order valence-corrected chi connectivity index (χ4v) is 3.98. The fraction of sp³-hybridized carbons (Fsp3) is 0.778. The molecule has 2 unspecified atom stereocenters. The van der Waals surface area contributed by atoms with Gasteiger partial charge in [0.15, 0.2) is 0 Å². The van der Waals surface area contributed by atoms with Gasteiger partial charge in [-0.25, -0.2) is 0 Å². The van der Waals surface area contributed by atoms with E-state index in [1.807, 2.05) is 6.08 Å². The zero-order chi connectivity index (χ0) is 9.04. The third-order valence-corrected chi connectivity index (χ3v) is 5.01. The Labute approximate surface area is 87.9 Å². The number of halogens is 3. The molecule has 2 fully saturated rings. The van der Waals surface area contributed by atoms with E-state index in [-0.39, 0.29) is 10.3 Å². The Morgan fingerprint density at radius 2 is 1.83 bits per heavy atom. The van der Waals surface area contributed by atoms with Gasteiger partial charge in [-0.15, -0.1) is 41.4 Å². The van der Waals surface area contributed by atoms with E-state index in [4.69, 9.17) is 34.8 Å². The normalized spacial score (nSPS) is 49.6. The summed E-state index contributed by atoms with van der Waals surface area (Å²) in [5, 5.41) is 0. The standard InChI is InChI=1S/C9H11Cl3/c1-2-7-6-8(7,10)4-3-5-9(7,11)12/h2H,1,3-6H2. The zero-order valence-electron chi connectivity index (χ0n) is 6.75. The van der Waals surface area contributed by atoms with Gasteiger partial charge >= 0.3 is 0 Å². The van der Waals surface area contributed by atoms with Crippen LogP contribution in [0.4, 0.5) is 0 Å². The van der Waals surface area contributed by atoms with E-state index >= 15 is 0 Å². The van der Waals surface area contributed by atoms with Crippen molar-refractivity contribution in [3.05, 3.63) is 12.7 Å². The number of hydrogen-bond donors (Lipinski definition) is 0. The molecule has 0 N–H and O–H groups in total. The quantitative estimate of drug-likeness (QED) is 0.469. The van der Waals surface area contributed by atoms with Crippen molar-refractivity contribution < 1.29 is 0 Å².